The molecule has 2 amide bonds. The molecule has 2 aliphatic carbocycles. The van der Waals surface area contributed by atoms with Crippen LogP contribution in [0.25, 0.3) is 0 Å². The molecular weight excluding hydrogens is 456 g/mol. The third kappa shape index (κ3) is 3.43. The number of nitrogens with one attached hydrogen (secondary N) is 1. The summed E-state index contributed by atoms with van der Waals surface area (Å²) in [6, 6.07) is 6.76. The van der Waals surface area contributed by atoms with Gasteiger partial charge in [0.05, 0.1) is 24.2 Å². The summed E-state index contributed by atoms with van der Waals surface area (Å²) in [6.07, 6.45) is 4.11. The Bertz CT molecular complexity index is 1120. The molecule has 8 atom stereocenters. The summed E-state index contributed by atoms with van der Waals surface area (Å²) in [5.41, 5.74) is 9.09. The summed E-state index contributed by atoms with van der Waals surface area (Å²) in [4.78, 5) is 32.1. The Balaban J connectivity index is 1.11. The van der Waals surface area contributed by atoms with Gasteiger partial charge in [-0.3, -0.25) is 23.8 Å². The summed E-state index contributed by atoms with van der Waals surface area (Å²) >= 11 is -2.12. The number of likely N-dealkylation sites (tertiary alicyclic amines) is 3. The van der Waals surface area contributed by atoms with Gasteiger partial charge in [0.25, 0.3) is 11.3 Å². The van der Waals surface area contributed by atoms with E-state index in [1.807, 2.05) is 21.9 Å². The number of nitrogens with two attached hydrogens (primary N) is 1. The number of nitrogens with zero attached hydrogens (tertiary/aromatic N) is 4. The van der Waals surface area contributed by atoms with E-state index in [9.17, 15) is 19.1 Å². The maximum atomic E-state index is 13.4. The van der Waals surface area contributed by atoms with Crippen LogP contribution in [0.15, 0.2) is 18.2 Å². The van der Waals surface area contributed by atoms with E-state index in [2.05, 4.69) is 10.8 Å². The van der Waals surface area contributed by atoms with Crippen LogP contribution < -0.4 is 10.5 Å². The molecule has 180 valence electrons. The molecule has 2 bridgehead atoms. The number of piperazine rings is 1. The van der Waals surface area contributed by atoms with Crippen molar-refractivity contribution >= 4 is 28.8 Å². The Kier molecular flexibility index (Phi) is 5.18. The number of amides is 2. The zero-order valence-electron chi connectivity index (χ0n) is 18.7. The van der Waals surface area contributed by atoms with E-state index in [4.69, 9.17) is 10.3 Å². The molecule has 1 aromatic rings. The van der Waals surface area contributed by atoms with Crippen molar-refractivity contribution in [3.8, 4) is 6.07 Å². The molecule has 3 saturated heterocycles. The van der Waals surface area contributed by atoms with Gasteiger partial charge in [-0.1, -0.05) is 6.07 Å². The molecule has 2 unspecified atom stereocenters. The Morgan fingerprint density at radius 1 is 1.32 bits per heavy atom. The molecule has 5 aliphatic rings. The van der Waals surface area contributed by atoms with Crippen LogP contribution >= 0.6 is 0 Å². The van der Waals surface area contributed by atoms with Gasteiger partial charge in [0.15, 0.2) is 0 Å². The zero-order valence-corrected chi connectivity index (χ0v) is 19.5. The van der Waals surface area contributed by atoms with Crippen molar-refractivity contribution in [2.24, 2.45) is 11.7 Å². The third-order valence-electron chi connectivity index (χ3n) is 8.30. The number of hydrogen-bond donors (Lipinski definition) is 3. The molecule has 0 aromatic heterocycles. The fourth-order valence-corrected chi connectivity index (χ4v) is 7.09. The van der Waals surface area contributed by atoms with Gasteiger partial charge in [0, 0.05) is 30.9 Å². The molecule has 1 saturated carbocycles. The number of rotatable bonds is 6. The lowest BCUT2D eigenvalue weighted by Gasteiger charge is -2.38. The first-order valence-corrected chi connectivity index (χ1v) is 13.0. The number of anilines is 1. The highest BCUT2D eigenvalue weighted by Gasteiger charge is 2.56. The molecule has 3 heterocycles. The van der Waals surface area contributed by atoms with Gasteiger partial charge >= 0.3 is 0 Å². The molecule has 4 N–H and O–H groups in total. The van der Waals surface area contributed by atoms with E-state index in [1.54, 1.807) is 11.0 Å². The van der Waals surface area contributed by atoms with Crippen LogP contribution in [0.5, 0.6) is 0 Å². The molecule has 6 rings (SSSR count). The molecule has 10 nitrogen and oxygen atoms in total. The van der Waals surface area contributed by atoms with Crippen molar-refractivity contribution in [2.45, 2.75) is 68.4 Å². The largest absolute Gasteiger partial charge is 0.330 e. The van der Waals surface area contributed by atoms with E-state index < -0.39 is 17.3 Å². The number of piperidine rings is 1. The standard InChI is InChI=1S/C23H28N6O4S/c24-9-15-6-13-7-20(13)28(15)22(30)18(25)11-27-10-16-8-21(27)23(31)29(16)19-4-1-12-5-14(26-34(32)33)2-3-17(12)19/h2-3,5,13,15-16,18-21,26H,1,4,6-8,10-11,25H2,(H,32,33)/t13?,15-,16-,18-,19+,20-,21-/m0/s1. The van der Waals surface area contributed by atoms with Crippen molar-refractivity contribution in [2.75, 3.05) is 17.8 Å². The van der Waals surface area contributed by atoms with Crippen molar-refractivity contribution in [3.63, 3.8) is 0 Å². The topological polar surface area (TPSA) is 143 Å². The minimum atomic E-state index is -2.12. The first kappa shape index (κ1) is 22.0. The van der Waals surface area contributed by atoms with Gasteiger partial charge in [-0.2, -0.15) is 5.26 Å². The lowest BCUT2D eigenvalue weighted by molar-refractivity contribution is -0.141. The number of fused-ring (bicyclic) bond motifs is 4. The predicted molar refractivity (Wildman–Crippen MR) is 123 cm³/mol. The average Bonchev–Trinajstić information content (AvgIpc) is 3.14. The third-order valence-corrected chi connectivity index (χ3v) is 8.71. The van der Waals surface area contributed by atoms with Crippen LogP contribution in [0.4, 0.5) is 5.69 Å². The first-order valence-electron chi connectivity index (χ1n) is 11.9. The summed E-state index contributed by atoms with van der Waals surface area (Å²) in [5.74, 6) is 0.373. The normalized spacial score (nSPS) is 35.1. The van der Waals surface area contributed by atoms with E-state index in [-0.39, 0.29) is 42.0 Å². The van der Waals surface area contributed by atoms with Crippen LogP contribution in [0.3, 0.4) is 0 Å². The number of carbonyl (C=O) groups is 2. The number of carbonyl (C=O) groups excluding carboxylic acids is 2. The summed E-state index contributed by atoms with van der Waals surface area (Å²) in [7, 11) is 0. The summed E-state index contributed by atoms with van der Waals surface area (Å²) in [6.45, 7) is 1.03. The number of aryl methyl sites for hydroxylation is 1. The Labute approximate surface area is 200 Å². The van der Waals surface area contributed by atoms with Crippen molar-refractivity contribution in [1.82, 2.24) is 14.7 Å². The number of nitriles is 1. The minimum absolute atomic E-state index is 0.0106. The number of hydrogen-bond acceptors (Lipinski definition) is 6. The monoisotopic (exact) mass is 484 g/mol. The van der Waals surface area contributed by atoms with Crippen LogP contribution in [0, 0.1) is 17.2 Å². The predicted octanol–water partition coefficient (Wildman–Crippen LogP) is 0.348. The highest BCUT2D eigenvalue weighted by atomic mass is 32.2. The maximum Gasteiger partial charge on any atom is 0.259 e. The SMILES string of the molecule is N#C[C@@H]1CC2C[C@@H]2N1C(=O)[C@@H](N)CN1C[C@@H]2C[C@H]1C(=O)N2[C@@H]1CCc2cc(NS(=O)O)ccc21. The van der Waals surface area contributed by atoms with Crippen LogP contribution in [-0.2, 0) is 27.3 Å². The van der Waals surface area contributed by atoms with Crippen molar-refractivity contribution < 1.29 is 18.4 Å². The number of benzene rings is 1. The van der Waals surface area contributed by atoms with Gasteiger partial charge in [-0.15, -0.1) is 0 Å². The Hall–Kier alpha value is -2.52. The van der Waals surface area contributed by atoms with Crippen LogP contribution in [0.1, 0.15) is 42.9 Å². The van der Waals surface area contributed by atoms with Gasteiger partial charge in [-0.05, 0) is 61.3 Å². The minimum Gasteiger partial charge on any atom is -0.330 e. The van der Waals surface area contributed by atoms with E-state index in [1.165, 1.54) is 0 Å². The molecule has 0 radical (unpaired) electrons. The van der Waals surface area contributed by atoms with Crippen molar-refractivity contribution in [1.29, 1.82) is 5.26 Å². The van der Waals surface area contributed by atoms with Gasteiger partial charge in [0.1, 0.15) is 6.04 Å². The quantitative estimate of drug-likeness (QED) is 0.494. The second kappa shape index (κ2) is 8.02. The van der Waals surface area contributed by atoms with E-state index >= 15 is 0 Å². The lowest BCUT2D eigenvalue weighted by atomic mass is 10.0. The Morgan fingerprint density at radius 3 is 2.88 bits per heavy atom. The maximum absolute atomic E-state index is 13.4. The smallest absolute Gasteiger partial charge is 0.259 e. The van der Waals surface area contributed by atoms with Crippen LogP contribution in [0.2, 0.25) is 0 Å². The molecule has 0 spiro atoms. The zero-order chi connectivity index (χ0) is 23.7. The molecule has 34 heavy (non-hydrogen) atoms. The Morgan fingerprint density at radius 2 is 2.15 bits per heavy atom. The molecule has 4 fully saturated rings. The van der Waals surface area contributed by atoms with Crippen molar-refractivity contribution in [3.05, 3.63) is 29.3 Å². The average molecular weight is 485 g/mol. The fourth-order valence-electron chi connectivity index (χ4n) is 6.76. The summed E-state index contributed by atoms with van der Waals surface area (Å²) in [5, 5.41) is 9.39. The molecular formula is C23H28N6O4S. The molecule has 1 aromatic carbocycles. The van der Waals surface area contributed by atoms with Gasteiger partial charge in [-0.25, -0.2) is 4.21 Å². The van der Waals surface area contributed by atoms with Crippen LogP contribution in [-0.4, -0.2) is 78.6 Å². The van der Waals surface area contributed by atoms with Gasteiger partial charge in [0.2, 0.25) is 11.8 Å². The van der Waals surface area contributed by atoms with E-state index in [0.717, 1.165) is 43.2 Å². The fraction of sp³-hybridized carbons (Fsp3) is 0.609. The first-order chi connectivity index (χ1) is 16.4. The van der Waals surface area contributed by atoms with E-state index in [0.29, 0.717) is 24.7 Å². The second-order valence-electron chi connectivity index (χ2n) is 10.2. The highest BCUT2D eigenvalue weighted by molar-refractivity contribution is 7.80. The molecule has 3 aliphatic heterocycles. The summed E-state index contributed by atoms with van der Waals surface area (Å²) < 4.78 is 22.6. The second-order valence-corrected chi connectivity index (χ2v) is 10.9. The van der Waals surface area contributed by atoms with Gasteiger partial charge < -0.3 is 15.5 Å². The molecule has 11 heteroatoms. The lowest BCUT2D eigenvalue weighted by Crippen LogP contribution is -2.57. The highest BCUT2D eigenvalue weighted by Crippen LogP contribution is 2.48.